The number of carbonyl (C=O) groups is 1. The largest absolute Gasteiger partial charge is 0.292 e. The predicted octanol–water partition coefficient (Wildman–Crippen LogP) is 4.56. The van der Waals surface area contributed by atoms with Crippen molar-refractivity contribution >= 4 is 38.4 Å². The van der Waals surface area contributed by atoms with Gasteiger partial charge in [0.2, 0.25) is 10.0 Å². The van der Waals surface area contributed by atoms with Gasteiger partial charge in [0.15, 0.2) is 5.78 Å². The first-order valence-electron chi connectivity index (χ1n) is 12.7. The van der Waals surface area contributed by atoms with Gasteiger partial charge in [0.05, 0.1) is 27.6 Å². The van der Waals surface area contributed by atoms with Crippen molar-refractivity contribution < 1.29 is 17.6 Å². The Kier molecular flexibility index (Phi) is 6.80. The molecule has 0 spiro atoms. The second kappa shape index (κ2) is 10.2. The number of halogens is 2. The summed E-state index contributed by atoms with van der Waals surface area (Å²) in [6.07, 6.45) is 2.83. The fourth-order valence-electron chi connectivity index (χ4n) is 5.95. The Bertz CT molecular complexity index is 1770. The molecule has 2 aromatic carbocycles. The van der Waals surface area contributed by atoms with Crippen molar-refractivity contribution in [2.45, 2.75) is 24.2 Å². The number of pyridine rings is 1. The van der Waals surface area contributed by atoms with Gasteiger partial charge in [-0.15, -0.1) is 0 Å². The molecule has 0 radical (unpaired) electrons. The SMILES string of the molecule is N#Cc1cccc(S(=O)(=O)N2CC[C@H]3Cc4c(c(I)nn4-c4ccc(F)cc4)C[C@]3(C(=O)c3ccccn3)C2)c1. The Hall–Kier alpha value is -3.47. The molecule has 0 saturated carbocycles. The molecule has 6 rings (SSSR count). The summed E-state index contributed by atoms with van der Waals surface area (Å²) >= 11 is 2.15. The van der Waals surface area contributed by atoms with Gasteiger partial charge in [-0.2, -0.15) is 14.7 Å². The van der Waals surface area contributed by atoms with E-state index in [1.165, 1.54) is 28.6 Å². The van der Waals surface area contributed by atoms with E-state index < -0.39 is 15.4 Å². The lowest BCUT2D eigenvalue weighted by Gasteiger charge is -2.49. The highest BCUT2D eigenvalue weighted by Crippen LogP contribution is 2.49. The minimum Gasteiger partial charge on any atom is -0.292 e. The van der Waals surface area contributed by atoms with Crippen molar-refractivity contribution in [1.82, 2.24) is 19.1 Å². The number of nitriles is 1. The summed E-state index contributed by atoms with van der Waals surface area (Å²) in [6.45, 7) is 0.224. The van der Waals surface area contributed by atoms with Gasteiger partial charge in [-0.25, -0.2) is 17.5 Å². The van der Waals surface area contributed by atoms with Crippen molar-refractivity contribution in [3.8, 4) is 11.8 Å². The van der Waals surface area contributed by atoms with Crippen molar-refractivity contribution in [3.05, 3.63) is 105 Å². The fourth-order valence-corrected chi connectivity index (χ4v) is 8.24. The van der Waals surface area contributed by atoms with Gasteiger partial charge in [0.25, 0.3) is 0 Å². The molecule has 1 saturated heterocycles. The maximum Gasteiger partial charge on any atom is 0.243 e. The van der Waals surface area contributed by atoms with Crippen LogP contribution in [0, 0.1) is 32.2 Å². The molecule has 1 aliphatic heterocycles. The smallest absolute Gasteiger partial charge is 0.243 e. The molecule has 202 valence electrons. The van der Waals surface area contributed by atoms with Gasteiger partial charge < -0.3 is 0 Å². The summed E-state index contributed by atoms with van der Waals surface area (Å²) in [7, 11) is -3.98. The third-order valence-corrected chi connectivity index (χ3v) is 10.7. The zero-order valence-corrected chi connectivity index (χ0v) is 24.1. The van der Waals surface area contributed by atoms with Crippen molar-refractivity contribution in [2.75, 3.05) is 13.1 Å². The Morgan fingerprint density at radius 2 is 1.93 bits per heavy atom. The number of sulfonamides is 1. The first kappa shape index (κ1) is 26.7. The van der Waals surface area contributed by atoms with E-state index in [1.54, 1.807) is 48.7 Å². The predicted molar refractivity (Wildman–Crippen MR) is 153 cm³/mol. The summed E-state index contributed by atoms with van der Waals surface area (Å²) in [5, 5.41) is 14.1. The third kappa shape index (κ3) is 4.44. The molecule has 1 aliphatic carbocycles. The van der Waals surface area contributed by atoms with E-state index in [-0.39, 0.29) is 41.1 Å². The molecule has 11 heteroatoms. The molecular formula is C29H23FIN5O3S. The van der Waals surface area contributed by atoms with Crippen molar-refractivity contribution in [2.24, 2.45) is 11.3 Å². The minimum absolute atomic E-state index is 0.0105. The van der Waals surface area contributed by atoms with Gasteiger partial charge in [-0.05, 0) is 102 Å². The molecule has 4 aromatic rings. The molecule has 40 heavy (non-hydrogen) atoms. The highest BCUT2D eigenvalue weighted by molar-refractivity contribution is 14.1. The molecular weight excluding hydrogens is 644 g/mol. The Morgan fingerprint density at radius 3 is 2.65 bits per heavy atom. The molecule has 0 unspecified atom stereocenters. The Balaban J connectivity index is 1.45. The third-order valence-electron chi connectivity index (χ3n) is 7.96. The number of ketones is 1. The zero-order chi connectivity index (χ0) is 28.1. The van der Waals surface area contributed by atoms with E-state index in [9.17, 15) is 22.9 Å². The monoisotopic (exact) mass is 667 g/mol. The average molecular weight is 668 g/mol. The summed E-state index contributed by atoms with van der Waals surface area (Å²) < 4.78 is 45.1. The molecule has 0 N–H and O–H groups in total. The van der Waals surface area contributed by atoms with Gasteiger partial charge >= 0.3 is 0 Å². The quantitative estimate of drug-likeness (QED) is 0.228. The molecule has 1 fully saturated rings. The Morgan fingerprint density at radius 1 is 1.12 bits per heavy atom. The Labute approximate surface area is 244 Å². The normalized spacial score (nSPS) is 20.8. The maximum absolute atomic E-state index is 14.3. The van der Waals surface area contributed by atoms with E-state index >= 15 is 0 Å². The van der Waals surface area contributed by atoms with Gasteiger partial charge in [-0.3, -0.25) is 9.78 Å². The van der Waals surface area contributed by atoms with E-state index in [0.717, 1.165) is 16.9 Å². The van der Waals surface area contributed by atoms with E-state index in [2.05, 4.69) is 27.6 Å². The van der Waals surface area contributed by atoms with Crippen LogP contribution in [0.1, 0.15) is 33.7 Å². The number of benzene rings is 2. The molecule has 2 atom stereocenters. The van der Waals surface area contributed by atoms with Gasteiger partial charge in [0.1, 0.15) is 15.2 Å². The van der Waals surface area contributed by atoms with Crippen LogP contribution < -0.4 is 0 Å². The molecule has 0 amide bonds. The van der Waals surface area contributed by atoms with Crippen LogP contribution in [-0.2, 0) is 22.9 Å². The molecule has 2 aromatic heterocycles. The highest BCUT2D eigenvalue weighted by atomic mass is 127. The second-order valence-electron chi connectivity index (χ2n) is 10.1. The average Bonchev–Trinajstić information content (AvgIpc) is 3.30. The number of Topliss-reactive ketones (excluding diaryl/α,β-unsaturated/α-hetero) is 1. The number of nitrogens with zero attached hydrogens (tertiary/aromatic N) is 5. The number of aromatic nitrogens is 3. The first-order chi connectivity index (χ1) is 19.2. The van der Waals surface area contributed by atoms with E-state index in [0.29, 0.717) is 28.7 Å². The minimum atomic E-state index is -3.98. The number of hydrogen-bond acceptors (Lipinski definition) is 6. The van der Waals surface area contributed by atoms with Crippen LogP contribution in [-0.4, -0.2) is 46.4 Å². The summed E-state index contributed by atoms with van der Waals surface area (Å²) in [5.74, 6) is -0.703. The fraction of sp³-hybridized carbons (Fsp3) is 0.241. The molecule has 8 nitrogen and oxygen atoms in total. The highest BCUT2D eigenvalue weighted by Gasteiger charge is 2.55. The van der Waals surface area contributed by atoms with Crippen LogP contribution >= 0.6 is 22.6 Å². The molecule has 2 aliphatic rings. The number of rotatable bonds is 5. The number of hydrogen-bond donors (Lipinski definition) is 0. The number of piperidine rings is 1. The van der Waals surface area contributed by atoms with Crippen LogP contribution in [0.25, 0.3) is 5.69 Å². The lowest BCUT2D eigenvalue weighted by atomic mass is 9.60. The summed E-state index contributed by atoms with van der Waals surface area (Å²) in [6, 6.07) is 19.2. The lowest BCUT2D eigenvalue weighted by molar-refractivity contribution is 0.0393. The zero-order valence-electron chi connectivity index (χ0n) is 21.2. The van der Waals surface area contributed by atoms with Crippen molar-refractivity contribution in [3.63, 3.8) is 0 Å². The first-order valence-corrected chi connectivity index (χ1v) is 15.2. The van der Waals surface area contributed by atoms with Crippen LogP contribution in [0.5, 0.6) is 0 Å². The van der Waals surface area contributed by atoms with E-state index in [4.69, 9.17) is 5.10 Å². The lowest BCUT2D eigenvalue weighted by Crippen LogP contribution is -2.58. The maximum atomic E-state index is 14.3. The van der Waals surface area contributed by atoms with Crippen molar-refractivity contribution in [1.29, 1.82) is 5.26 Å². The number of fused-ring (bicyclic) bond motifs is 2. The van der Waals surface area contributed by atoms with Crippen LogP contribution in [0.15, 0.2) is 77.8 Å². The van der Waals surface area contributed by atoms with Gasteiger partial charge in [0, 0.05) is 30.5 Å². The van der Waals surface area contributed by atoms with Gasteiger partial charge in [-0.1, -0.05) is 12.1 Å². The molecule has 3 heterocycles. The van der Waals surface area contributed by atoms with Crippen LogP contribution in [0.3, 0.4) is 0 Å². The number of carbonyl (C=O) groups excluding carboxylic acids is 1. The summed E-state index contributed by atoms with van der Waals surface area (Å²) in [5.41, 5.74) is 2.04. The molecule has 0 bridgehead atoms. The summed E-state index contributed by atoms with van der Waals surface area (Å²) in [4.78, 5) is 18.7. The van der Waals surface area contributed by atoms with Crippen LogP contribution in [0.2, 0.25) is 0 Å². The van der Waals surface area contributed by atoms with Crippen LogP contribution in [0.4, 0.5) is 4.39 Å². The van der Waals surface area contributed by atoms with E-state index in [1.807, 2.05) is 10.8 Å². The second-order valence-corrected chi connectivity index (χ2v) is 13.1. The topological polar surface area (TPSA) is 109 Å². The standard InChI is InChI=1S/C29H23FIN5O3S/c30-21-7-9-22(10-8-21)36-26-15-20-11-13-35(40(38,39)23-5-3-4-19(14-23)17-32)18-29(20,16-24(26)28(31)34-36)27(37)25-6-1-2-12-33-25/h1-10,12,14,20H,11,13,15-16,18H2/t20-,29-/m0/s1.